The van der Waals surface area contributed by atoms with Crippen LogP contribution in [0.1, 0.15) is 11.3 Å². The molecular formula is C16H14N2O3S. The van der Waals surface area contributed by atoms with E-state index >= 15 is 0 Å². The van der Waals surface area contributed by atoms with E-state index in [0.29, 0.717) is 18.1 Å². The van der Waals surface area contributed by atoms with Gasteiger partial charge in [0.15, 0.2) is 0 Å². The zero-order chi connectivity index (χ0) is 15.5. The van der Waals surface area contributed by atoms with Crippen LogP contribution >= 0.6 is 11.8 Å². The van der Waals surface area contributed by atoms with Crippen molar-refractivity contribution in [1.82, 2.24) is 10.3 Å². The third kappa shape index (κ3) is 3.46. The van der Waals surface area contributed by atoms with Gasteiger partial charge in [-0.15, -0.1) is 0 Å². The Bertz CT molecular complexity index is 716. The summed E-state index contributed by atoms with van der Waals surface area (Å²) in [5, 5.41) is 1.66. The standard InChI is InChI=1S/C16H14N2O3S/c1-10-3-2-4-14(17-10)21-12-7-5-11(6-8-12)9-13-15(19)18-16(20)22-13/h2-8,13H,9H2,1H3,(H,18,19,20)/t13-/m0/s1. The number of pyridine rings is 1. The number of benzene rings is 1. The number of aryl methyl sites for hydroxylation is 1. The molecule has 1 N–H and O–H groups in total. The van der Waals surface area contributed by atoms with Crippen LogP contribution in [0, 0.1) is 6.92 Å². The minimum Gasteiger partial charge on any atom is -0.439 e. The van der Waals surface area contributed by atoms with Crippen LogP contribution in [0.2, 0.25) is 0 Å². The Morgan fingerprint density at radius 2 is 1.95 bits per heavy atom. The topological polar surface area (TPSA) is 68.3 Å². The summed E-state index contributed by atoms with van der Waals surface area (Å²) < 4.78 is 5.67. The summed E-state index contributed by atoms with van der Waals surface area (Å²) in [7, 11) is 0. The van der Waals surface area contributed by atoms with Crippen molar-refractivity contribution in [3.05, 3.63) is 53.7 Å². The second-order valence-corrected chi connectivity index (χ2v) is 6.13. The van der Waals surface area contributed by atoms with Crippen molar-refractivity contribution in [1.29, 1.82) is 0 Å². The Morgan fingerprint density at radius 3 is 2.59 bits per heavy atom. The monoisotopic (exact) mass is 314 g/mol. The predicted molar refractivity (Wildman–Crippen MR) is 84.1 cm³/mol. The van der Waals surface area contributed by atoms with Crippen LogP contribution in [-0.2, 0) is 11.2 Å². The van der Waals surface area contributed by atoms with Gasteiger partial charge < -0.3 is 4.74 Å². The molecule has 3 rings (SSSR count). The number of ether oxygens (including phenoxy) is 1. The maximum atomic E-state index is 11.5. The van der Waals surface area contributed by atoms with Gasteiger partial charge in [-0.05, 0) is 37.1 Å². The number of rotatable bonds is 4. The van der Waals surface area contributed by atoms with Crippen LogP contribution < -0.4 is 10.1 Å². The molecule has 1 aromatic heterocycles. The average molecular weight is 314 g/mol. The number of hydrogen-bond acceptors (Lipinski definition) is 5. The molecule has 2 aromatic rings. The first-order valence-electron chi connectivity index (χ1n) is 6.82. The fraction of sp³-hybridized carbons (Fsp3) is 0.188. The van der Waals surface area contributed by atoms with E-state index in [-0.39, 0.29) is 16.4 Å². The summed E-state index contributed by atoms with van der Waals surface area (Å²) in [4.78, 5) is 27.0. The highest BCUT2D eigenvalue weighted by Gasteiger charge is 2.31. The van der Waals surface area contributed by atoms with Crippen molar-refractivity contribution < 1.29 is 14.3 Å². The normalized spacial score (nSPS) is 17.4. The van der Waals surface area contributed by atoms with Gasteiger partial charge in [0.1, 0.15) is 5.75 Å². The lowest BCUT2D eigenvalue weighted by Crippen LogP contribution is -2.25. The van der Waals surface area contributed by atoms with Gasteiger partial charge in [0, 0.05) is 11.8 Å². The summed E-state index contributed by atoms with van der Waals surface area (Å²) in [5.41, 5.74) is 1.87. The first kappa shape index (κ1) is 14.6. The predicted octanol–water partition coefficient (Wildman–Crippen LogP) is 3.08. The van der Waals surface area contributed by atoms with Crippen molar-refractivity contribution >= 4 is 22.9 Å². The smallest absolute Gasteiger partial charge is 0.286 e. The number of aromatic nitrogens is 1. The van der Waals surface area contributed by atoms with Gasteiger partial charge in [-0.1, -0.05) is 30.0 Å². The van der Waals surface area contributed by atoms with Gasteiger partial charge >= 0.3 is 0 Å². The van der Waals surface area contributed by atoms with E-state index in [1.807, 2.05) is 43.3 Å². The molecule has 1 fully saturated rings. The van der Waals surface area contributed by atoms with Crippen LogP contribution in [0.5, 0.6) is 11.6 Å². The number of carbonyl (C=O) groups excluding carboxylic acids is 2. The first-order valence-corrected chi connectivity index (χ1v) is 7.70. The number of nitrogens with one attached hydrogen (secondary N) is 1. The highest BCUT2D eigenvalue weighted by atomic mass is 32.2. The molecule has 0 bridgehead atoms. The largest absolute Gasteiger partial charge is 0.439 e. The molecule has 1 atom stereocenters. The van der Waals surface area contributed by atoms with Gasteiger partial charge in [0.2, 0.25) is 11.8 Å². The van der Waals surface area contributed by atoms with Crippen molar-refractivity contribution in [3.63, 3.8) is 0 Å². The molecule has 0 unspecified atom stereocenters. The first-order chi connectivity index (χ1) is 10.6. The zero-order valence-electron chi connectivity index (χ0n) is 11.9. The third-order valence-electron chi connectivity index (χ3n) is 3.20. The molecule has 0 radical (unpaired) electrons. The SMILES string of the molecule is Cc1cccc(Oc2ccc(C[C@@H]3SC(=O)NC3=O)cc2)n1. The van der Waals surface area contributed by atoms with E-state index in [9.17, 15) is 9.59 Å². The summed E-state index contributed by atoms with van der Waals surface area (Å²) >= 11 is 1.04. The summed E-state index contributed by atoms with van der Waals surface area (Å²) in [5.74, 6) is 1.00. The van der Waals surface area contributed by atoms with Gasteiger partial charge in [-0.3, -0.25) is 14.9 Å². The van der Waals surface area contributed by atoms with Crippen molar-refractivity contribution in [2.45, 2.75) is 18.6 Å². The maximum Gasteiger partial charge on any atom is 0.286 e. The van der Waals surface area contributed by atoms with E-state index in [4.69, 9.17) is 4.74 Å². The molecule has 1 aliphatic heterocycles. The number of nitrogens with zero attached hydrogens (tertiary/aromatic N) is 1. The van der Waals surface area contributed by atoms with Gasteiger partial charge in [0.25, 0.3) is 5.24 Å². The van der Waals surface area contributed by atoms with Gasteiger partial charge in [-0.2, -0.15) is 0 Å². The molecule has 2 amide bonds. The maximum absolute atomic E-state index is 11.5. The molecule has 1 aromatic carbocycles. The minimum absolute atomic E-state index is 0.223. The second kappa shape index (κ2) is 6.19. The van der Waals surface area contributed by atoms with Crippen molar-refractivity contribution in [2.24, 2.45) is 0 Å². The van der Waals surface area contributed by atoms with Crippen LogP contribution in [0.15, 0.2) is 42.5 Å². The number of carbonyl (C=O) groups is 2. The molecule has 0 spiro atoms. The zero-order valence-corrected chi connectivity index (χ0v) is 12.7. The Hall–Kier alpha value is -2.34. The summed E-state index contributed by atoms with van der Waals surface area (Å²) in [6, 6.07) is 13.0. The summed E-state index contributed by atoms with van der Waals surface area (Å²) in [6.45, 7) is 1.90. The van der Waals surface area contributed by atoms with E-state index in [1.165, 1.54) is 0 Å². The lowest BCUT2D eigenvalue weighted by Gasteiger charge is -2.08. The van der Waals surface area contributed by atoms with Crippen molar-refractivity contribution in [3.8, 4) is 11.6 Å². The van der Waals surface area contributed by atoms with Crippen LogP contribution in [0.3, 0.4) is 0 Å². The Balaban J connectivity index is 1.65. The number of hydrogen-bond donors (Lipinski definition) is 1. The van der Waals surface area contributed by atoms with Crippen molar-refractivity contribution in [2.75, 3.05) is 0 Å². The summed E-state index contributed by atoms with van der Waals surface area (Å²) in [6.07, 6.45) is 0.519. The lowest BCUT2D eigenvalue weighted by molar-refractivity contribution is -0.118. The molecule has 112 valence electrons. The molecule has 5 nitrogen and oxygen atoms in total. The molecule has 2 heterocycles. The number of imide groups is 1. The fourth-order valence-corrected chi connectivity index (χ4v) is 2.99. The Labute approximate surface area is 132 Å². The van der Waals surface area contributed by atoms with Crippen LogP contribution in [0.4, 0.5) is 4.79 Å². The van der Waals surface area contributed by atoms with E-state index in [2.05, 4.69) is 10.3 Å². The molecule has 1 saturated heterocycles. The van der Waals surface area contributed by atoms with Crippen LogP contribution in [-0.4, -0.2) is 21.4 Å². The fourth-order valence-electron chi connectivity index (χ4n) is 2.13. The number of amides is 2. The minimum atomic E-state index is -0.349. The Kier molecular flexibility index (Phi) is 4.11. The van der Waals surface area contributed by atoms with E-state index < -0.39 is 0 Å². The quantitative estimate of drug-likeness (QED) is 0.939. The molecule has 0 saturated carbocycles. The Morgan fingerprint density at radius 1 is 1.18 bits per heavy atom. The van der Waals surface area contributed by atoms with E-state index in [1.54, 1.807) is 6.07 Å². The highest BCUT2D eigenvalue weighted by molar-refractivity contribution is 8.15. The molecule has 1 aliphatic rings. The number of thioether (sulfide) groups is 1. The van der Waals surface area contributed by atoms with Gasteiger partial charge in [-0.25, -0.2) is 4.98 Å². The van der Waals surface area contributed by atoms with Gasteiger partial charge in [0.05, 0.1) is 5.25 Å². The highest BCUT2D eigenvalue weighted by Crippen LogP contribution is 2.25. The lowest BCUT2D eigenvalue weighted by atomic mass is 10.1. The molecule has 22 heavy (non-hydrogen) atoms. The molecular weight excluding hydrogens is 300 g/mol. The van der Waals surface area contributed by atoms with E-state index in [0.717, 1.165) is 23.0 Å². The molecule has 0 aliphatic carbocycles. The van der Waals surface area contributed by atoms with Crippen LogP contribution in [0.25, 0.3) is 0 Å². The average Bonchev–Trinajstić information content (AvgIpc) is 2.79. The second-order valence-electron chi connectivity index (χ2n) is 4.95. The molecule has 6 heteroatoms. The third-order valence-corrected chi connectivity index (χ3v) is 4.18.